The molecule has 4 nitrogen and oxygen atoms in total. The zero-order chi connectivity index (χ0) is 21.4. The van der Waals surface area contributed by atoms with Gasteiger partial charge in [-0.25, -0.2) is 0 Å². The first-order valence-electron chi connectivity index (χ1n) is 10.4. The molecule has 4 aromatic rings. The molecular weight excluding hydrogens is 400 g/mol. The van der Waals surface area contributed by atoms with Crippen LogP contribution in [0.4, 0.5) is 5.69 Å². The van der Waals surface area contributed by atoms with Crippen LogP contribution in [0.25, 0.3) is 5.69 Å². The van der Waals surface area contributed by atoms with Crippen molar-refractivity contribution in [2.24, 2.45) is 0 Å². The highest BCUT2D eigenvalue weighted by atomic mass is 32.1. The molecule has 0 aliphatic carbocycles. The van der Waals surface area contributed by atoms with Gasteiger partial charge in [-0.2, -0.15) is 0 Å². The molecule has 2 aromatic heterocycles. The van der Waals surface area contributed by atoms with Crippen molar-refractivity contribution in [1.82, 2.24) is 14.9 Å². The molecule has 3 heterocycles. The van der Waals surface area contributed by atoms with Crippen LogP contribution in [0, 0.1) is 13.8 Å². The van der Waals surface area contributed by atoms with Gasteiger partial charge < -0.3 is 14.8 Å². The van der Waals surface area contributed by atoms with Crippen LogP contribution in [0.15, 0.2) is 91.3 Å². The van der Waals surface area contributed by atoms with Gasteiger partial charge in [0.15, 0.2) is 5.11 Å². The summed E-state index contributed by atoms with van der Waals surface area (Å²) in [6.45, 7) is 4.30. The van der Waals surface area contributed by atoms with Crippen LogP contribution in [0.5, 0.6) is 0 Å². The van der Waals surface area contributed by atoms with Gasteiger partial charge in [0.2, 0.25) is 0 Å². The van der Waals surface area contributed by atoms with Crippen LogP contribution in [-0.4, -0.2) is 14.7 Å². The number of pyridine rings is 1. The fraction of sp³-hybridized carbons (Fsp3) is 0.154. The Morgan fingerprint density at radius 3 is 2.39 bits per heavy atom. The van der Waals surface area contributed by atoms with Gasteiger partial charge in [-0.3, -0.25) is 4.98 Å². The van der Waals surface area contributed by atoms with Crippen molar-refractivity contribution in [2.45, 2.75) is 25.9 Å². The van der Waals surface area contributed by atoms with E-state index < -0.39 is 0 Å². The predicted octanol–water partition coefficient (Wildman–Crippen LogP) is 5.67. The molecule has 5 heteroatoms. The number of para-hydroxylation sites is 1. The Labute approximate surface area is 188 Å². The number of nitrogens with zero attached hydrogens (tertiary/aromatic N) is 3. The molecular formula is C26H24N4S. The summed E-state index contributed by atoms with van der Waals surface area (Å²) in [6, 6.07) is 27.1. The minimum Gasteiger partial charge on any atom is -0.351 e. The second kappa shape index (κ2) is 8.00. The molecule has 0 saturated carbocycles. The van der Waals surface area contributed by atoms with E-state index >= 15 is 0 Å². The van der Waals surface area contributed by atoms with Gasteiger partial charge in [-0.1, -0.05) is 30.3 Å². The molecule has 0 bridgehead atoms. The Morgan fingerprint density at radius 1 is 0.839 bits per heavy atom. The van der Waals surface area contributed by atoms with Crippen LogP contribution < -0.4 is 10.2 Å². The first kappa shape index (κ1) is 19.5. The lowest BCUT2D eigenvalue weighted by Crippen LogP contribution is -2.30. The monoisotopic (exact) mass is 424 g/mol. The third-order valence-corrected chi connectivity index (χ3v) is 6.30. The highest BCUT2D eigenvalue weighted by molar-refractivity contribution is 7.80. The Hall–Kier alpha value is -3.44. The molecule has 154 valence electrons. The van der Waals surface area contributed by atoms with Crippen LogP contribution in [-0.2, 0) is 0 Å². The van der Waals surface area contributed by atoms with Gasteiger partial charge in [0, 0.05) is 29.5 Å². The lowest BCUT2D eigenvalue weighted by molar-refractivity contribution is 0.549. The fourth-order valence-electron chi connectivity index (χ4n) is 4.27. The summed E-state index contributed by atoms with van der Waals surface area (Å²) in [6.07, 6.45) is 3.96. The van der Waals surface area contributed by atoms with Crippen LogP contribution >= 0.6 is 12.2 Å². The summed E-state index contributed by atoms with van der Waals surface area (Å²) in [4.78, 5) is 6.86. The van der Waals surface area contributed by atoms with E-state index in [1.807, 2.05) is 36.5 Å². The quantitative estimate of drug-likeness (QED) is 0.428. The van der Waals surface area contributed by atoms with Gasteiger partial charge in [-0.15, -0.1) is 0 Å². The summed E-state index contributed by atoms with van der Waals surface area (Å²) in [5.41, 5.74) is 6.91. The summed E-state index contributed by atoms with van der Waals surface area (Å²) in [5, 5.41) is 4.25. The van der Waals surface area contributed by atoms with E-state index in [1.165, 1.54) is 11.1 Å². The van der Waals surface area contributed by atoms with Gasteiger partial charge >= 0.3 is 0 Å². The standard InChI is InChI=1S/C26H24N4S/c1-18-13-14-21(17-19(18)2)29-16-8-12-23(29)25-24(22-11-6-7-15-27-22)28-26(31)30(25)20-9-4-3-5-10-20/h3-17,24-25H,1-2H3,(H,28,31)/t24-,25+/m0/s1. The minimum atomic E-state index is -0.0610. The SMILES string of the molecule is Cc1ccc(-n2cccc2[C@@H]2[C@H](c3ccccn3)NC(=S)N2c2ccccc2)cc1C. The van der Waals surface area contributed by atoms with Gasteiger partial charge in [0.05, 0.1) is 11.7 Å². The second-order valence-corrected chi connectivity index (χ2v) is 8.29. The zero-order valence-corrected chi connectivity index (χ0v) is 18.4. The Morgan fingerprint density at radius 2 is 1.65 bits per heavy atom. The zero-order valence-electron chi connectivity index (χ0n) is 17.6. The summed E-state index contributed by atoms with van der Waals surface area (Å²) >= 11 is 5.83. The molecule has 31 heavy (non-hydrogen) atoms. The van der Waals surface area contributed by atoms with Gasteiger partial charge in [0.1, 0.15) is 6.04 Å². The van der Waals surface area contributed by atoms with E-state index in [0.717, 1.165) is 22.8 Å². The van der Waals surface area contributed by atoms with Crippen LogP contribution in [0.2, 0.25) is 0 Å². The topological polar surface area (TPSA) is 33.1 Å². The second-order valence-electron chi connectivity index (χ2n) is 7.90. The van der Waals surface area contributed by atoms with Crippen molar-refractivity contribution >= 4 is 23.0 Å². The van der Waals surface area contributed by atoms with Crippen molar-refractivity contribution in [3.63, 3.8) is 0 Å². The van der Waals surface area contributed by atoms with E-state index in [9.17, 15) is 0 Å². The third kappa shape index (κ3) is 3.51. The van der Waals surface area contributed by atoms with E-state index in [-0.39, 0.29) is 12.1 Å². The molecule has 0 radical (unpaired) electrons. The number of aryl methyl sites for hydroxylation is 2. The molecule has 0 unspecified atom stereocenters. The maximum absolute atomic E-state index is 5.83. The number of rotatable bonds is 4. The lowest BCUT2D eigenvalue weighted by atomic mass is 10.0. The molecule has 2 atom stereocenters. The minimum absolute atomic E-state index is 0.0404. The molecule has 1 fully saturated rings. The lowest BCUT2D eigenvalue weighted by Gasteiger charge is -2.29. The van der Waals surface area contributed by atoms with E-state index in [0.29, 0.717) is 5.11 Å². The number of hydrogen-bond acceptors (Lipinski definition) is 2. The highest BCUT2D eigenvalue weighted by Gasteiger charge is 2.42. The first-order valence-corrected chi connectivity index (χ1v) is 10.8. The molecule has 0 amide bonds. The van der Waals surface area contributed by atoms with Crippen molar-refractivity contribution in [1.29, 1.82) is 0 Å². The number of anilines is 1. The number of thiocarbonyl (C=S) groups is 1. The summed E-state index contributed by atoms with van der Waals surface area (Å²) in [5.74, 6) is 0. The highest BCUT2D eigenvalue weighted by Crippen LogP contribution is 2.42. The maximum atomic E-state index is 5.83. The Balaban J connectivity index is 1.67. The Kier molecular flexibility index (Phi) is 5.04. The van der Waals surface area contributed by atoms with E-state index in [2.05, 4.69) is 88.3 Å². The molecule has 1 N–H and O–H groups in total. The van der Waals surface area contributed by atoms with Crippen LogP contribution in [0.1, 0.15) is 34.6 Å². The maximum Gasteiger partial charge on any atom is 0.174 e. The molecule has 1 saturated heterocycles. The van der Waals surface area contributed by atoms with Crippen molar-refractivity contribution in [2.75, 3.05) is 4.90 Å². The summed E-state index contributed by atoms with van der Waals surface area (Å²) in [7, 11) is 0. The molecule has 5 rings (SSSR count). The van der Waals surface area contributed by atoms with Crippen molar-refractivity contribution in [3.05, 3.63) is 114 Å². The predicted molar refractivity (Wildman–Crippen MR) is 130 cm³/mol. The fourth-order valence-corrected chi connectivity index (χ4v) is 4.61. The number of benzene rings is 2. The normalized spacial score (nSPS) is 18.3. The average molecular weight is 425 g/mol. The van der Waals surface area contributed by atoms with Gasteiger partial charge in [-0.05, 0) is 85.7 Å². The van der Waals surface area contributed by atoms with Crippen molar-refractivity contribution < 1.29 is 0 Å². The third-order valence-electron chi connectivity index (χ3n) is 5.98. The van der Waals surface area contributed by atoms with Crippen molar-refractivity contribution in [3.8, 4) is 5.69 Å². The molecule has 1 aliphatic rings. The first-order chi connectivity index (χ1) is 15.1. The number of nitrogens with one attached hydrogen (secondary N) is 1. The van der Waals surface area contributed by atoms with Crippen LogP contribution in [0.3, 0.4) is 0 Å². The molecule has 1 aliphatic heterocycles. The smallest absolute Gasteiger partial charge is 0.174 e. The van der Waals surface area contributed by atoms with E-state index in [1.54, 1.807) is 0 Å². The molecule has 2 aromatic carbocycles. The average Bonchev–Trinajstić information content (AvgIpc) is 3.41. The largest absolute Gasteiger partial charge is 0.351 e. The number of aromatic nitrogens is 2. The molecule has 0 spiro atoms. The summed E-state index contributed by atoms with van der Waals surface area (Å²) < 4.78 is 2.26. The number of hydrogen-bond donors (Lipinski definition) is 1. The van der Waals surface area contributed by atoms with E-state index in [4.69, 9.17) is 12.2 Å². The van der Waals surface area contributed by atoms with Gasteiger partial charge in [0.25, 0.3) is 0 Å². The Bertz CT molecular complexity index is 1220.